The van der Waals surface area contributed by atoms with Gasteiger partial charge in [-0.25, -0.2) is 4.79 Å². The quantitative estimate of drug-likeness (QED) is 0.730. The van der Waals surface area contributed by atoms with Crippen LogP contribution in [0.1, 0.15) is 26.4 Å². The van der Waals surface area contributed by atoms with Crippen LogP contribution < -0.4 is 0 Å². The Bertz CT molecular complexity index is 837. The van der Waals surface area contributed by atoms with Crippen LogP contribution in [0.3, 0.4) is 0 Å². The molecule has 1 aliphatic rings. The predicted octanol–water partition coefficient (Wildman–Crippen LogP) is 3.92. The van der Waals surface area contributed by atoms with E-state index in [0.29, 0.717) is 5.56 Å². The van der Waals surface area contributed by atoms with Crippen molar-refractivity contribution in [3.05, 3.63) is 87.6 Å². The summed E-state index contributed by atoms with van der Waals surface area (Å²) in [6.45, 7) is 0. The van der Waals surface area contributed by atoms with Crippen molar-refractivity contribution in [3.63, 3.8) is 0 Å². The van der Waals surface area contributed by atoms with Crippen LogP contribution in [0, 0.1) is 0 Å². The van der Waals surface area contributed by atoms with E-state index < -0.39 is 5.60 Å². The monoisotopic (exact) mass is 308 g/mol. The van der Waals surface area contributed by atoms with E-state index in [2.05, 4.69) is 0 Å². The predicted molar refractivity (Wildman–Crippen MR) is 84.2 cm³/mol. The van der Waals surface area contributed by atoms with Crippen molar-refractivity contribution in [2.24, 2.45) is 0 Å². The lowest BCUT2D eigenvalue weighted by atomic mass is 9.84. The van der Waals surface area contributed by atoms with Gasteiger partial charge in [-0.15, -0.1) is 11.3 Å². The number of phenolic OH excluding ortho intramolecular Hbond substituents is 1. The third-order valence-electron chi connectivity index (χ3n) is 3.91. The lowest BCUT2D eigenvalue weighted by Crippen LogP contribution is -2.28. The Kier molecular flexibility index (Phi) is 2.81. The molecule has 2 heterocycles. The van der Waals surface area contributed by atoms with E-state index in [0.717, 1.165) is 16.0 Å². The number of esters is 1. The minimum absolute atomic E-state index is 0.183. The number of ether oxygens (including phenoxy) is 1. The summed E-state index contributed by atoms with van der Waals surface area (Å²) in [7, 11) is 0. The first kappa shape index (κ1) is 13.1. The van der Waals surface area contributed by atoms with Crippen LogP contribution in [-0.4, -0.2) is 11.1 Å². The third-order valence-corrected chi connectivity index (χ3v) is 4.88. The van der Waals surface area contributed by atoms with Gasteiger partial charge in [-0.05, 0) is 29.6 Å². The molecule has 1 aliphatic heterocycles. The van der Waals surface area contributed by atoms with Gasteiger partial charge >= 0.3 is 5.97 Å². The maximum absolute atomic E-state index is 12.3. The summed E-state index contributed by atoms with van der Waals surface area (Å²) >= 11 is 1.54. The van der Waals surface area contributed by atoms with Crippen LogP contribution in [0.15, 0.2) is 66.0 Å². The Morgan fingerprint density at radius 2 is 1.73 bits per heavy atom. The fourth-order valence-electron chi connectivity index (χ4n) is 2.93. The molecule has 1 aromatic heterocycles. The minimum Gasteiger partial charge on any atom is -0.508 e. The fourth-order valence-corrected chi connectivity index (χ4v) is 3.83. The van der Waals surface area contributed by atoms with Crippen molar-refractivity contribution in [1.29, 1.82) is 0 Å². The number of fused-ring (bicyclic) bond motifs is 1. The first-order valence-corrected chi connectivity index (χ1v) is 7.76. The fraction of sp³-hybridized carbons (Fsp3) is 0.0556. The molecule has 22 heavy (non-hydrogen) atoms. The van der Waals surface area contributed by atoms with Gasteiger partial charge in [-0.2, -0.15) is 0 Å². The van der Waals surface area contributed by atoms with Gasteiger partial charge in [0.25, 0.3) is 0 Å². The lowest BCUT2D eigenvalue weighted by molar-refractivity contribution is 0.0262. The molecule has 0 spiro atoms. The van der Waals surface area contributed by atoms with E-state index in [1.807, 2.05) is 35.7 Å². The SMILES string of the molecule is O=C1OC(c2ccc(O)cc2)(c2cccs2)c2ccccc21. The number of thiophene rings is 1. The van der Waals surface area contributed by atoms with Crippen molar-refractivity contribution < 1.29 is 14.6 Å². The molecule has 3 nitrogen and oxygen atoms in total. The van der Waals surface area contributed by atoms with E-state index in [1.165, 1.54) is 0 Å². The maximum atomic E-state index is 12.3. The normalized spacial score (nSPS) is 19.7. The van der Waals surface area contributed by atoms with E-state index in [9.17, 15) is 9.90 Å². The smallest absolute Gasteiger partial charge is 0.340 e. The van der Waals surface area contributed by atoms with Crippen molar-refractivity contribution in [1.82, 2.24) is 0 Å². The van der Waals surface area contributed by atoms with E-state index >= 15 is 0 Å². The molecule has 0 amide bonds. The number of phenols is 1. The number of rotatable bonds is 2. The maximum Gasteiger partial charge on any atom is 0.340 e. The second-order valence-corrected chi connectivity index (χ2v) is 6.09. The van der Waals surface area contributed by atoms with Crippen LogP contribution in [0.5, 0.6) is 5.75 Å². The lowest BCUT2D eigenvalue weighted by Gasteiger charge is -2.28. The Balaban J connectivity index is 2.04. The van der Waals surface area contributed by atoms with Crippen molar-refractivity contribution in [3.8, 4) is 5.75 Å². The van der Waals surface area contributed by atoms with Crippen LogP contribution in [-0.2, 0) is 10.3 Å². The van der Waals surface area contributed by atoms with Crippen LogP contribution in [0.25, 0.3) is 0 Å². The highest BCUT2D eigenvalue weighted by molar-refractivity contribution is 7.10. The summed E-state index contributed by atoms with van der Waals surface area (Å²) in [6, 6.07) is 18.2. The van der Waals surface area contributed by atoms with Crippen LogP contribution >= 0.6 is 11.3 Å². The van der Waals surface area contributed by atoms with E-state index in [-0.39, 0.29) is 11.7 Å². The van der Waals surface area contributed by atoms with Gasteiger partial charge in [0.15, 0.2) is 5.60 Å². The van der Waals surface area contributed by atoms with Crippen molar-refractivity contribution in [2.45, 2.75) is 5.60 Å². The summed E-state index contributed by atoms with van der Waals surface area (Å²) in [5, 5.41) is 11.5. The molecule has 0 bridgehead atoms. The van der Waals surface area contributed by atoms with Crippen LogP contribution in [0.4, 0.5) is 0 Å². The zero-order chi connectivity index (χ0) is 15.2. The summed E-state index contributed by atoms with van der Waals surface area (Å²) in [6.07, 6.45) is 0. The van der Waals surface area contributed by atoms with Gasteiger partial charge < -0.3 is 9.84 Å². The number of benzene rings is 2. The highest BCUT2D eigenvalue weighted by atomic mass is 32.1. The minimum atomic E-state index is -0.935. The second-order valence-electron chi connectivity index (χ2n) is 5.14. The van der Waals surface area contributed by atoms with Crippen molar-refractivity contribution in [2.75, 3.05) is 0 Å². The molecule has 0 aliphatic carbocycles. The summed E-state index contributed by atoms with van der Waals surface area (Å²) in [5.41, 5.74) is 1.32. The van der Waals surface area contributed by atoms with Crippen LogP contribution in [0.2, 0.25) is 0 Å². The standard InChI is InChI=1S/C18H12O3S/c19-13-9-7-12(8-10-13)18(16-6-3-11-22-16)15-5-2-1-4-14(15)17(20)21-18/h1-11,19H. The number of cyclic esters (lactones) is 1. The second kappa shape index (κ2) is 4.71. The summed E-state index contributed by atoms with van der Waals surface area (Å²) in [4.78, 5) is 13.3. The molecular weight excluding hydrogens is 296 g/mol. The molecule has 2 aromatic carbocycles. The van der Waals surface area contributed by atoms with Gasteiger partial charge in [-0.1, -0.05) is 36.4 Å². The Morgan fingerprint density at radius 1 is 0.955 bits per heavy atom. The summed E-state index contributed by atoms with van der Waals surface area (Å²) < 4.78 is 5.88. The summed E-state index contributed by atoms with van der Waals surface area (Å²) in [5.74, 6) is -0.139. The van der Waals surface area contributed by atoms with Gasteiger partial charge in [0.1, 0.15) is 5.75 Å². The average molecular weight is 308 g/mol. The first-order valence-electron chi connectivity index (χ1n) is 6.88. The molecule has 1 unspecified atom stereocenters. The molecule has 1 atom stereocenters. The highest BCUT2D eigenvalue weighted by Crippen LogP contribution is 2.48. The zero-order valence-corrected chi connectivity index (χ0v) is 12.3. The largest absolute Gasteiger partial charge is 0.508 e. The van der Waals surface area contributed by atoms with Gasteiger partial charge in [0.05, 0.1) is 10.4 Å². The number of hydrogen-bond acceptors (Lipinski definition) is 4. The molecule has 0 saturated carbocycles. The zero-order valence-electron chi connectivity index (χ0n) is 11.5. The number of carbonyl (C=O) groups excluding carboxylic acids is 1. The molecule has 3 aromatic rings. The Morgan fingerprint density at radius 3 is 2.45 bits per heavy atom. The highest BCUT2D eigenvalue weighted by Gasteiger charge is 2.49. The van der Waals surface area contributed by atoms with E-state index in [1.54, 1.807) is 41.7 Å². The van der Waals surface area contributed by atoms with Gasteiger partial charge in [-0.3, -0.25) is 0 Å². The topological polar surface area (TPSA) is 46.5 Å². The number of carbonyl (C=O) groups is 1. The van der Waals surface area contributed by atoms with Gasteiger partial charge in [0, 0.05) is 11.1 Å². The first-order chi connectivity index (χ1) is 10.7. The Hall–Kier alpha value is -2.59. The molecule has 0 saturated heterocycles. The molecule has 4 heteroatoms. The van der Waals surface area contributed by atoms with E-state index in [4.69, 9.17) is 4.74 Å². The molecule has 108 valence electrons. The molecule has 1 N–H and O–H groups in total. The number of hydrogen-bond donors (Lipinski definition) is 1. The van der Waals surface area contributed by atoms with Gasteiger partial charge in [0.2, 0.25) is 0 Å². The Labute approximate surface area is 131 Å². The number of aromatic hydroxyl groups is 1. The molecule has 0 radical (unpaired) electrons. The van der Waals surface area contributed by atoms with Crippen molar-refractivity contribution >= 4 is 17.3 Å². The molecular formula is C18H12O3S. The molecule has 4 rings (SSSR count). The third kappa shape index (κ3) is 1.71. The average Bonchev–Trinajstić information content (AvgIpc) is 3.16. The molecule has 0 fully saturated rings.